The molecule has 102 valence electrons. The lowest BCUT2D eigenvalue weighted by Crippen LogP contribution is -2.20. The van der Waals surface area contributed by atoms with Crippen LogP contribution in [0.5, 0.6) is 0 Å². The summed E-state index contributed by atoms with van der Waals surface area (Å²) in [6.07, 6.45) is 8.84. The van der Waals surface area contributed by atoms with Crippen LogP contribution in [0.25, 0.3) is 0 Å². The maximum Gasteiger partial charge on any atom is -0.0386 e. The molecular weight excluding hydrogens is 200 g/mol. The standard InChI is InChI=1S/C12H24.C2H6.2H2O/c1-4-10(2)11(3)12-8-6-5-7-9-12;1-2;;/h10-12H,4-9H2,1-3H3;1-2H3;2*1H2/t10-,11?;;;/m0.../s1. The summed E-state index contributed by atoms with van der Waals surface area (Å²) in [5, 5.41) is 0. The monoisotopic (exact) mass is 234 g/mol. The third-order valence-electron chi connectivity index (χ3n) is 3.93. The summed E-state index contributed by atoms with van der Waals surface area (Å²) in [4.78, 5) is 0. The number of hydrogen-bond acceptors (Lipinski definition) is 0. The van der Waals surface area contributed by atoms with Gasteiger partial charge in [0.2, 0.25) is 0 Å². The summed E-state index contributed by atoms with van der Waals surface area (Å²) in [7, 11) is 0. The van der Waals surface area contributed by atoms with Crippen LogP contribution >= 0.6 is 0 Å². The van der Waals surface area contributed by atoms with E-state index in [0.29, 0.717) is 0 Å². The Morgan fingerprint density at radius 1 is 0.938 bits per heavy atom. The maximum atomic E-state index is 2.46. The Balaban J connectivity index is -0.000000399. The molecule has 2 atom stereocenters. The van der Waals surface area contributed by atoms with Gasteiger partial charge in [0.25, 0.3) is 0 Å². The van der Waals surface area contributed by atoms with Gasteiger partial charge in [0.1, 0.15) is 0 Å². The highest BCUT2D eigenvalue weighted by Gasteiger charge is 2.23. The van der Waals surface area contributed by atoms with E-state index in [9.17, 15) is 0 Å². The molecule has 2 nitrogen and oxygen atoms in total. The Morgan fingerprint density at radius 2 is 1.38 bits per heavy atom. The molecule has 1 saturated carbocycles. The van der Waals surface area contributed by atoms with Crippen LogP contribution in [0.1, 0.15) is 73.1 Å². The molecule has 0 heterocycles. The Hall–Kier alpha value is -0.0800. The van der Waals surface area contributed by atoms with Crippen molar-refractivity contribution in [3.63, 3.8) is 0 Å². The van der Waals surface area contributed by atoms with Gasteiger partial charge in [-0.3, -0.25) is 0 Å². The van der Waals surface area contributed by atoms with E-state index in [2.05, 4.69) is 20.8 Å². The average molecular weight is 234 g/mol. The van der Waals surface area contributed by atoms with Gasteiger partial charge in [-0.25, -0.2) is 0 Å². The van der Waals surface area contributed by atoms with Gasteiger partial charge in [0.05, 0.1) is 0 Å². The molecule has 0 spiro atoms. The lowest BCUT2D eigenvalue weighted by molar-refractivity contribution is 0.200. The largest absolute Gasteiger partial charge is 0.412 e. The van der Waals surface area contributed by atoms with Gasteiger partial charge in [-0.15, -0.1) is 0 Å². The predicted octanol–water partition coefficient (Wildman–Crippen LogP) is 3.63. The first-order valence-electron chi connectivity index (χ1n) is 6.75. The van der Waals surface area contributed by atoms with Crippen molar-refractivity contribution in [1.82, 2.24) is 0 Å². The first kappa shape index (κ1) is 21.2. The Bertz CT molecular complexity index is 120. The summed E-state index contributed by atoms with van der Waals surface area (Å²) < 4.78 is 0. The Kier molecular flexibility index (Phi) is 17.2. The zero-order valence-corrected chi connectivity index (χ0v) is 12.0. The van der Waals surface area contributed by atoms with Gasteiger partial charge in [-0.05, 0) is 17.8 Å². The van der Waals surface area contributed by atoms with E-state index >= 15 is 0 Å². The fourth-order valence-electron chi connectivity index (χ4n) is 2.50. The first-order valence-corrected chi connectivity index (χ1v) is 6.75. The Morgan fingerprint density at radius 3 is 1.75 bits per heavy atom. The summed E-state index contributed by atoms with van der Waals surface area (Å²) in [5.41, 5.74) is 0. The molecule has 0 aromatic rings. The SMILES string of the molecule is CC.CC[C@H](C)C(C)C1CCCCC1.O.O. The van der Waals surface area contributed by atoms with Crippen LogP contribution in [0.2, 0.25) is 0 Å². The average Bonchev–Trinajstić information content (AvgIpc) is 2.31. The molecule has 0 aliphatic heterocycles. The minimum absolute atomic E-state index is 0. The molecule has 16 heavy (non-hydrogen) atoms. The van der Waals surface area contributed by atoms with Crippen LogP contribution in [-0.2, 0) is 0 Å². The van der Waals surface area contributed by atoms with E-state index in [1.54, 1.807) is 0 Å². The molecule has 0 aromatic carbocycles. The van der Waals surface area contributed by atoms with Crippen molar-refractivity contribution >= 4 is 0 Å². The highest BCUT2D eigenvalue weighted by atomic mass is 16.0. The second-order valence-corrected chi connectivity index (χ2v) is 4.64. The van der Waals surface area contributed by atoms with Gasteiger partial charge in [0, 0.05) is 0 Å². The van der Waals surface area contributed by atoms with Crippen molar-refractivity contribution in [1.29, 1.82) is 0 Å². The van der Waals surface area contributed by atoms with E-state index in [-0.39, 0.29) is 11.0 Å². The van der Waals surface area contributed by atoms with Crippen LogP contribution in [0.15, 0.2) is 0 Å². The maximum absolute atomic E-state index is 2.46. The summed E-state index contributed by atoms with van der Waals surface area (Å²) in [5.74, 6) is 2.96. The second kappa shape index (κ2) is 13.0. The van der Waals surface area contributed by atoms with Gasteiger partial charge in [-0.2, -0.15) is 0 Å². The zero-order valence-electron chi connectivity index (χ0n) is 12.0. The van der Waals surface area contributed by atoms with Crippen molar-refractivity contribution in [2.24, 2.45) is 17.8 Å². The molecule has 1 aliphatic carbocycles. The Labute approximate surface area is 102 Å². The highest BCUT2D eigenvalue weighted by Crippen LogP contribution is 2.34. The second-order valence-electron chi connectivity index (χ2n) is 4.64. The summed E-state index contributed by atoms with van der Waals surface area (Å²) in [6.45, 7) is 11.2. The molecule has 0 aromatic heterocycles. The zero-order chi connectivity index (χ0) is 11.0. The van der Waals surface area contributed by atoms with Crippen LogP contribution in [0.3, 0.4) is 0 Å². The topological polar surface area (TPSA) is 63.0 Å². The van der Waals surface area contributed by atoms with Gasteiger partial charge >= 0.3 is 0 Å². The van der Waals surface area contributed by atoms with Crippen molar-refractivity contribution in [2.45, 2.75) is 73.1 Å². The molecule has 0 radical (unpaired) electrons. The number of hydrogen-bond donors (Lipinski definition) is 0. The minimum Gasteiger partial charge on any atom is -0.412 e. The van der Waals surface area contributed by atoms with Gasteiger partial charge < -0.3 is 11.0 Å². The van der Waals surface area contributed by atoms with Crippen LogP contribution in [0.4, 0.5) is 0 Å². The molecule has 4 N–H and O–H groups in total. The van der Waals surface area contributed by atoms with Crippen molar-refractivity contribution in [2.75, 3.05) is 0 Å². The molecule has 1 fully saturated rings. The fourth-order valence-corrected chi connectivity index (χ4v) is 2.50. The van der Waals surface area contributed by atoms with Crippen LogP contribution in [-0.4, -0.2) is 11.0 Å². The molecule has 0 saturated heterocycles. The first-order chi connectivity index (χ1) is 6.75. The minimum atomic E-state index is 0. The normalized spacial score (nSPS) is 19.3. The fraction of sp³-hybridized carbons (Fsp3) is 1.00. The molecule has 1 rings (SSSR count). The van der Waals surface area contributed by atoms with E-state index < -0.39 is 0 Å². The summed E-state index contributed by atoms with van der Waals surface area (Å²) in [6, 6.07) is 0. The molecule has 1 unspecified atom stereocenters. The van der Waals surface area contributed by atoms with Gasteiger partial charge in [0.15, 0.2) is 0 Å². The quantitative estimate of drug-likeness (QED) is 0.716. The molecule has 1 aliphatic rings. The van der Waals surface area contributed by atoms with Crippen molar-refractivity contribution in [3.8, 4) is 0 Å². The highest BCUT2D eigenvalue weighted by molar-refractivity contribution is 4.74. The van der Waals surface area contributed by atoms with E-state index in [4.69, 9.17) is 0 Å². The van der Waals surface area contributed by atoms with E-state index in [1.165, 1.54) is 38.5 Å². The predicted molar refractivity (Wildman–Crippen MR) is 73.8 cm³/mol. The smallest absolute Gasteiger partial charge is 0.0386 e. The van der Waals surface area contributed by atoms with Gasteiger partial charge in [-0.1, -0.05) is 73.1 Å². The van der Waals surface area contributed by atoms with Crippen molar-refractivity contribution < 1.29 is 11.0 Å². The molecule has 0 amide bonds. The summed E-state index contributed by atoms with van der Waals surface area (Å²) >= 11 is 0. The number of rotatable bonds is 3. The van der Waals surface area contributed by atoms with Crippen molar-refractivity contribution in [3.05, 3.63) is 0 Å². The molecular formula is C14H34O2. The molecule has 2 heteroatoms. The van der Waals surface area contributed by atoms with E-state index in [0.717, 1.165) is 17.8 Å². The third kappa shape index (κ3) is 7.24. The third-order valence-corrected chi connectivity index (χ3v) is 3.93. The van der Waals surface area contributed by atoms with E-state index in [1.807, 2.05) is 13.8 Å². The van der Waals surface area contributed by atoms with Crippen LogP contribution < -0.4 is 0 Å². The lowest BCUT2D eigenvalue weighted by Gasteiger charge is -2.31. The van der Waals surface area contributed by atoms with Crippen LogP contribution in [0, 0.1) is 17.8 Å². The lowest BCUT2D eigenvalue weighted by atomic mass is 9.75. The molecule has 0 bridgehead atoms.